The fourth-order valence-corrected chi connectivity index (χ4v) is 4.01. The highest BCUT2D eigenvalue weighted by Crippen LogP contribution is 2.29. The lowest BCUT2D eigenvalue weighted by Gasteiger charge is -2.26. The van der Waals surface area contributed by atoms with Crippen molar-refractivity contribution in [3.05, 3.63) is 51.0 Å². The van der Waals surface area contributed by atoms with Gasteiger partial charge in [-0.2, -0.15) is 0 Å². The van der Waals surface area contributed by atoms with Crippen molar-refractivity contribution in [1.82, 2.24) is 14.7 Å². The molecule has 1 aromatic carbocycles. The maximum Gasteiger partial charge on any atom is 0.288 e. The van der Waals surface area contributed by atoms with E-state index in [2.05, 4.69) is 21.4 Å². The molecule has 1 aliphatic heterocycles. The van der Waals surface area contributed by atoms with Crippen molar-refractivity contribution in [2.24, 2.45) is 0 Å². The SMILES string of the molecule is COc1ccccc1-c1nn(CN2CCc3sccc3C2)c(=S)o1. The zero-order valence-electron chi connectivity index (χ0n) is 13.3. The molecule has 0 atom stereocenters. The number of fused-ring (bicyclic) bond motifs is 1. The lowest BCUT2D eigenvalue weighted by molar-refractivity contribution is 0.187. The topological polar surface area (TPSA) is 43.4 Å². The molecule has 0 amide bonds. The van der Waals surface area contributed by atoms with Gasteiger partial charge in [0.25, 0.3) is 10.7 Å². The number of methoxy groups -OCH3 is 1. The van der Waals surface area contributed by atoms with Gasteiger partial charge in [-0.05, 0) is 47.8 Å². The van der Waals surface area contributed by atoms with E-state index in [4.69, 9.17) is 21.4 Å². The zero-order valence-corrected chi connectivity index (χ0v) is 14.9. The number of nitrogens with zero attached hydrogens (tertiary/aromatic N) is 3. The van der Waals surface area contributed by atoms with E-state index in [9.17, 15) is 0 Å². The summed E-state index contributed by atoms with van der Waals surface area (Å²) in [6, 6.07) is 9.85. The molecule has 0 spiro atoms. The molecule has 0 saturated heterocycles. The van der Waals surface area contributed by atoms with Gasteiger partial charge in [-0.15, -0.1) is 16.4 Å². The van der Waals surface area contributed by atoms with E-state index in [-0.39, 0.29) is 0 Å². The predicted molar refractivity (Wildman–Crippen MR) is 95.7 cm³/mol. The number of para-hydroxylation sites is 1. The number of hydrogen-bond acceptors (Lipinski definition) is 6. The average molecular weight is 359 g/mol. The lowest BCUT2D eigenvalue weighted by Crippen LogP contribution is -2.32. The average Bonchev–Trinajstić information content (AvgIpc) is 3.21. The first-order chi connectivity index (χ1) is 11.7. The van der Waals surface area contributed by atoms with Gasteiger partial charge in [0.2, 0.25) is 0 Å². The number of hydrogen-bond donors (Lipinski definition) is 0. The molecule has 3 aromatic rings. The molecular formula is C17H17N3O2S2. The molecule has 124 valence electrons. The first-order valence-electron chi connectivity index (χ1n) is 7.73. The highest BCUT2D eigenvalue weighted by molar-refractivity contribution is 7.71. The van der Waals surface area contributed by atoms with Crippen molar-refractivity contribution in [2.75, 3.05) is 13.7 Å². The van der Waals surface area contributed by atoms with Gasteiger partial charge >= 0.3 is 0 Å². The minimum Gasteiger partial charge on any atom is -0.496 e. The molecule has 24 heavy (non-hydrogen) atoms. The van der Waals surface area contributed by atoms with Crippen LogP contribution in [0.4, 0.5) is 0 Å². The molecule has 5 nitrogen and oxygen atoms in total. The fourth-order valence-electron chi connectivity index (χ4n) is 2.94. The quantitative estimate of drug-likeness (QED) is 0.660. The van der Waals surface area contributed by atoms with E-state index >= 15 is 0 Å². The van der Waals surface area contributed by atoms with Crippen LogP contribution in [0.3, 0.4) is 0 Å². The van der Waals surface area contributed by atoms with Crippen LogP contribution in [-0.4, -0.2) is 28.3 Å². The van der Waals surface area contributed by atoms with E-state index < -0.39 is 0 Å². The summed E-state index contributed by atoms with van der Waals surface area (Å²) in [6.45, 7) is 2.57. The molecule has 2 aromatic heterocycles. The van der Waals surface area contributed by atoms with Gasteiger partial charge < -0.3 is 9.15 Å². The second-order valence-corrected chi connectivity index (χ2v) is 7.04. The third-order valence-corrected chi connectivity index (χ3v) is 5.48. The first kappa shape index (κ1) is 15.6. The maximum absolute atomic E-state index is 5.70. The molecule has 0 bridgehead atoms. The number of thiophene rings is 1. The van der Waals surface area contributed by atoms with Crippen molar-refractivity contribution in [1.29, 1.82) is 0 Å². The van der Waals surface area contributed by atoms with Gasteiger partial charge in [0.15, 0.2) is 0 Å². The summed E-state index contributed by atoms with van der Waals surface area (Å²) < 4.78 is 12.8. The summed E-state index contributed by atoms with van der Waals surface area (Å²) in [5.74, 6) is 1.22. The molecule has 0 radical (unpaired) electrons. The van der Waals surface area contributed by atoms with Crippen LogP contribution in [0.5, 0.6) is 5.75 Å². The fraction of sp³-hybridized carbons (Fsp3) is 0.294. The van der Waals surface area contributed by atoms with Crippen molar-refractivity contribution in [3.63, 3.8) is 0 Å². The number of benzene rings is 1. The molecule has 0 N–H and O–H groups in total. The van der Waals surface area contributed by atoms with Crippen LogP contribution < -0.4 is 4.74 Å². The van der Waals surface area contributed by atoms with Crippen molar-refractivity contribution < 1.29 is 9.15 Å². The van der Waals surface area contributed by atoms with Crippen LogP contribution in [-0.2, 0) is 19.6 Å². The summed E-state index contributed by atoms with van der Waals surface area (Å²) in [4.78, 5) is 4.20. The van der Waals surface area contributed by atoms with E-state index in [1.54, 1.807) is 11.8 Å². The second kappa shape index (κ2) is 6.51. The van der Waals surface area contributed by atoms with Crippen molar-refractivity contribution >= 4 is 23.6 Å². The van der Waals surface area contributed by atoms with E-state index in [0.717, 1.165) is 30.8 Å². The molecule has 4 rings (SSSR count). The molecule has 7 heteroatoms. The van der Waals surface area contributed by atoms with Gasteiger partial charge in [0.05, 0.1) is 19.3 Å². The minimum absolute atomic E-state index is 0.382. The molecule has 0 aliphatic carbocycles. The second-order valence-electron chi connectivity index (χ2n) is 5.69. The highest BCUT2D eigenvalue weighted by Gasteiger charge is 2.19. The van der Waals surface area contributed by atoms with Crippen LogP contribution in [0.2, 0.25) is 0 Å². The third-order valence-electron chi connectivity index (χ3n) is 4.16. The molecule has 3 heterocycles. The van der Waals surface area contributed by atoms with Gasteiger partial charge in [0, 0.05) is 18.0 Å². The van der Waals surface area contributed by atoms with Gasteiger partial charge in [0.1, 0.15) is 5.75 Å². The van der Waals surface area contributed by atoms with E-state index in [1.165, 1.54) is 10.4 Å². The Morgan fingerprint density at radius 1 is 1.33 bits per heavy atom. The van der Waals surface area contributed by atoms with Crippen LogP contribution >= 0.6 is 23.6 Å². The normalized spacial score (nSPS) is 14.5. The van der Waals surface area contributed by atoms with Crippen LogP contribution in [0.25, 0.3) is 11.5 Å². The first-order valence-corrected chi connectivity index (χ1v) is 9.02. The standard InChI is InChI=1S/C17H17N3O2S2/c1-21-14-5-3-2-4-13(14)16-18-20(17(23)22-16)11-19-8-6-15-12(10-19)7-9-24-15/h2-5,7,9H,6,8,10-11H2,1H3. The molecule has 0 saturated carbocycles. The zero-order chi connectivity index (χ0) is 16.5. The predicted octanol–water partition coefficient (Wildman–Crippen LogP) is 3.96. The molecule has 0 fully saturated rings. The van der Waals surface area contributed by atoms with Crippen molar-refractivity contribution in [3.8, 4) is 17.2 Å². The number of aromatic nitrogens is 2. The van der Waals surface area contributed by atoms with Gasteiger partial charge in [-0.1, -0.05) is 12.1 Å². The third kappa shape index (κ3) is 2.90. The molecule has 1 aliphatic rings. The van der Waals surface area contributed by atoms with Crippen LogP contribution in [0.1, 0.15) is 10.4 Å². The van der Waals surface area contributed by atoms with Gasteiger partial charge in [-0.3, -0.25) is 4.90 Å². The Bertz CT molecular complexity index is 912. The Balaban J connectivity index is 1.57. The Labute approximate surface area is 149 Å². The molecular weight excluding hydrogens is 342 g/mol. The number of rotatable bonds is 4. The Morgan fingerprint density at radius 2 is 2.21 bits per heavy atom. The summed E-state index contributed by atoms with van der Waals surface area (Å²) in [6.07, 6.45) is 1.08. The minimum atomic E-state index is 0.382. The Hall–Kier alpha value is -1.96. The monoisotopic (exact) mass is 359 g/mol. The lowest BCUT2D eigenvalue weighted by atomic mass is 10.1. The summed E-state index contributed by atoms with van der Waals surface area (Å²) in [7, 11) is 1.64. The summed E-state index contributed by atoms with van der Waals surface area (Å²) in [5, 5.41) is 6.72. The Kier molecular flexibility index (Phi) is 4.22. The van der Waals surface area contributed by atoms with Crippen LogP contribution in [0.15, 0.2) is 40.1 Å². The van der Waals surface area contributed by atoms with Crippen LogP contribution in [0, 0.1) is 4.84 Å². The largest absolute Gasteiger partial charge is 0.496 e. The van der Waals surface area contributed by atoms with E-state index in [1.807, 2.05) is 35.6 Å². The van der Waals surface area contributed by atoms with Gasteiger partial charge in [-0.25, -0.2) is 4.68 Å². The number of ether oxygens (including phenoxy) is 1. The maximum atomic E-state index is 5.70. The summed E-state index contributed by atoms with van der Waals surface area (Å²) in [5.41, 5.74) is 2.22. The molecule has 0 unspecified atom stereocenters. The van der Waals surface area contributed by atoms with E-state index in [0.29, 0.717) is 17.4 Å². The smallest absolute Gasteiger partial charge is 0.288 e. The highest BCUT2D eigenvalue weighted by atomic mass is 32.1. The summed E-state index contributed by atoms with van der Waals surface area (Å²) >= 11 is 7.19. The Morgan fingerprint density at radius 3 is 3.08 bits per heavy atom. The van der Waals surface area contributed by atoms with Crippen molar-refractivity contribution in [2.45, 2.75) is 19.6 Å².